The van der Waals surface area contributed by atoms with Crippen LogP contribution >= 0.6 is 12.4 Å². The Balaban J connectivity index is 0. The second-order valence-electron chi connectivity index (χ2n) is 0.847. The summed E-state index contributed by atoms with van der Waals surface area (Å²) in [5.41, 5.74) is 6.71. The normalized spacial score (nSPS) is 7.00. The highest BCUT2D eigenvalue weighted by Crippen LogP contribution is 1.42. The van der Waals surface area contributed by atoms with E-state index in [-0.39, 0.29) is 19.0 Å². The topological polar surface area (TPSA) is 81.1 Å². The number of primary amides is 1. The lowest BCUT2D eigenvalue weighted by atomic mass is 10.7. The molecule has 7 heavy (non-hydrogen) atoms. The molecule has 5 N–H and O–H groups in total. The lowest BCUT2D eigenvalue weighted by molar-refractivity contribution is -0.117. The number of carbonyl (C=O) groups is 1. The summed E-state index contributed by atoms with van der Waals surface area (Å²) in [5, 5.41) is 0. The Labute approximate surface area is 47.6 Å². The zero-order valence-corrected chi connectivity index (χ0v) is 4.49. The molecule has 0 saturated heterocycles. The van der Waals surface area contributed by atoms with Gasteiger partial charge in [-0.25, -0.2) is 0 Å². The van der Waals surface area contributed by atoms with Crippen molar-refractivity contribution in [1.29, 1.82) is 0 Å². The van der Waals surface area contributed by atoms with Gasteiger partial charge in [-0.15, -0.1) is 12.4 Å². The van der Waals surface area contributed by atoms with Gasteiger partial charge in [-0.1, -0.05) is 0 Å². The fourth-order valence-corrected chi connectivity index (χ4v) is 0.101. The van der Waals surface area contributed by atoms with Crippen molar-refractivity contribution < 1.29 is 4.79 Å². The lowest BCUT2D eigenvalue weighted by Crippen LogP contribution is -2.33. The number of nitrogens with one attached hydrogen (secondary N) is 1. The van der Waals surface area contributed by atoms with Crippen LogP contribution in [0.2, 0.25) is 0 Å². The molecule has 5 heteroatoms. The van der Waals surface area contributed by atoms with Crippen LogP contribution in [-0.4, -0.2) is 12.5 Å². The number of amides is 1. The van der Waals surface area contributed by atoms with Crippen LogP contribution in [-0.2, 0) is 4.79 Å². The first-order valence-corrected chi connectivity index (χ1v) is 1.49. The zero-order valence-electron chi connectivity index (χ0n) is 3.68. The fourth-order valence-electron chi connectivity index (χ4n) is 0.101. The summed E-state index contributed by atoms with van der Waals surface area (Å²) in [5.74, 6) is 4.23. The molecule has 0 bridgehead atoms. The molecule has 0 radical (unpaired) electrons. The van der Waals surface area contributed by atoms with Crippen molar-refractivity contribution in [2.45, 2.75) is 0 Å². The largest absolute Gasteiger partial charge is 0.369 e. The molecule has 0 rings (SSSR count). The molecular weight excluding hydrogens is 117 g/mol. The fraction of sp³-hybridized carbons (Fsp3) is 0.500. The maximum absolute atomic E-state index is 9.68. The highest BCUT2D eigenvalue weighted by molar-refractivity contribution is 5.85. The van der Waals surface area contributed by atoms with Gasteiger partial charge in [-0.05, 0) is 0 Å². The number of hydrogen-bond acceptors (Lipinski definition) is 3. The minimum absolute atomic E-state index is 0. The second-order valence-corrected chi connectivity index (χ2v) is 0.847. The summed E-state index contributed by atoms with van der Waals surface area (Å²) in [6, 6.07) is 0. The van der Waals surface area contributed by atoms with E-state index in [1.54, 1.807) is 0 Å². The van der Waals surface area contributed by atoms with Crippen LogP contribution in [0.15, 0.2) is 0 Å². The van der Waals surface area contributed by atoms with E-state index < -0.39 is 5.91 Å². The van der Waals surface area contributed by atoms with Gasteiger partial charge in [-0.2, -0.15) is 0 Å². The maximum Gasteiger partial charge on any atom is 0.232 e. The quantitative estimate of drug-likeness (QED) is 0.306. The van der Waals surface area contributed by atoms with Gasteiger partial charge in [-0.3, -0.25) is 16.1 Å². The molecule has 0 aliphatic rings. The van der Waals surface area contributed by atoms with Crippen LogP contribution in [0.3, 0.4) is 0 Å². The van der Waals surface area contributed by atoms with Crippen molar-refractivity contribution in [1.82, 2.24) is 5.43 Å². The number of hydrazine groups is 1. The van der Waals surface area contributed by atoms with E-state index in [2.05, 4.69) is 17.0 Å². The molecule has 44 valence electrons. The molecule has 0 saturated carbocycles. The number of carbonyl (C=O) groups excluding carboxylic acids is 1. The van der Waals surface area contributed by atoms with Gasteiger partial charge < -0.3 is 5.73 Å². The molecule has 0 atom stereocenters. The van der Waals surface area contributed by atoms with Crippen molar-refractivity contribution in [3.05, 3.63) is 0 Å². The van der Waals surface area contributed by atoms with E-state index in [1.807, 2.05) is 0 Å². The van der Waals surface area contributed by atoms with Crippen LogP contribution in [0.4, 0.5) is 0 Å². The summed E-state index contributed by atoms with van der Waals surface area (Å²) in [4.78, 5) is 9.68. The Morgan fingerprint density at radius 2 is 2.14 bits per heavy atom. The third-order valence-electron chi connectivity index (χ3n) is 0.276. The van der Waals surface area contributed by atoms with E-state index >= 15 is 0 Å². The van der Waals surface area contributed by atoms with E-state index in [1.165, 1.54) is 0 Å². The molecule has 0 aromatic heterocycles. The smallest absolute Gasteiger partial charge is 0.232 e. The predicted octanol–water partition coefficient (Wildman–Crippen LogP) is -1.64. The predicted molar refractivity (Wildman–Crippen MR) is 28.6 cm³/mol. The van der Waals surface area contributed by atoms with Gasteiger partial charge in [0.1, 0.15) is 0 Å². The van der Waals surface area contributed by atoms with Crippen LogP contribution < -0.4 is 17.0 Å². The minimum atomic E-state index is -0.447. The molecule has 1 amide bonds. The average Bonchev–Trinajstić information content (AvgIpc) is 1.35. The number of halogens is 1. The molecule has 0 unspecified atom stereocenters. The van der Waals surface area contributed by atoms with Crippen LogP contribution in [0.25, 0.3) is 0 Å². The van der Waals surface area contributed by atoms with Gasteiger partial charge in [0.25, 0.3) is 0 Å². The van der Waals surface area contributed by atoms with Gasteiger partial charge in [0.15, 0.2) is 0 Å². The van der Waals surface area contributed by atoms with E-state index in [0.717, 1.165) is 0 Å². The molecule has 4 nitrogen and oxygen atoms in total. The Bertz CT molecular complexity index is 56.9. The number of hydrogen-bond donors (Lipinski definition) is 3. The summed E-state index contributed by atoms with van der Waals surface area (Å²) < 4.78 is 0. The van der Waals surface area contributed by atoms with E-state index in [4.69, 9.17) is 0 Å². The zero-order chi connectivity index (χ0) is 4.99. The monoisotopic (exact) mass is 125 g/mol. The Morgan fingerprint density at radius 1 is 1.71 bits per heavy atom. The molecule has 0 aromatic rings. The molecule has 0 aromatic carbocycles. The van der Waals surface area contributed by atoms with Crippen LogP contribution in [0, 0.1) is 0 Å². The summed E-state index contributed by atoms with van der Waals surface area (Å²) >= 11 is 0. The standard InChI is InChI=1S/C2H7N3O.ClH/c3-2(6)1-5-4;/h5H,1,4H2,(H2,3,6);1H. The summed E-state index contributed by atoms with van der Waals surface area (Å²) in [6.45, 7) is 0.0417. The van der Waals surface area contributed by atoms with Crippen LogP contribution in [0.5, 0.6) is 0 Å². The highest BCUT2D eigenvalue weighted by atomic mass is 35.5. The van der Waals surface area contributed by atoms with Crippen molar-refractivity contribution in [2.24, 2.45) is 11.6 Å². The molecular formula is C2H8ClN3O. The Hall–Kier alpha value is -0.320. The van der Waals surface area contributed by atoms with Crippen molar-refractivity contribution >= 4 is 18.3 Å². The molecule has 0 heterocycles. The molecule has 0 aliphatic carbocycles. The van der Waals surface area contributed by atoms with Crippen molar-refractivity contribution in [3.8, 4) is 0 Å². The lowest BCUT2D eigenvalue weighted by Gasteiger charge is -1.85. The minimum Gasteiger partial charge on any atom is -0.369 e. The van der Waals surface area contributed by atoms with E-state index in [9.17, 15) is 4.79 Å². The van der Waals surface area contributed by atoms with Gasteiger partial charge in [0.2, 0.25) is 5.91 Å². The van der Waals surface area contributed by atoms with Crippen molar-refractivity contribution in [2.75, 3.05) is 6.54 Å². The van der Waals surface area contributed by atoms with Gasteiger partial charge >= 0.3 is 0 Å². The van der Waals surface area contributed by atoms with Gasteiger partial charge in [0, 0.05) is 0 Å². The van der Waals surface area contributed by atoms with E-state index in [0.29, 0.717) is 0 Å². The SMILES string of the molecule is Cl.NNCC(N)=O. The first kappa shape index (κ1) is 9.84. The maximum atomic E-state index is 9.68. The number of nitrogens with two attached hydrogens (primary N) is 2. The third-order valence-corrected chi connectivity index (χ3v) is 0.276. The summed E-state index contributed by atoms with van der Waals surface area (Å²) in [7, 11) is 0. The first-order chi connectivity index (χ1) is 2.77. The third kappa shape index (κ3) is 10.7. The van der Waals surface area contributed by atoms with Gasteiger partial charge in [0.05, 0.1) is 6.54 Å². The second kappa shape index (κ2) is 5.68. The highest BCUT2D eigenvalue weighted by Gasteiger charge is 1.83. The Kier molecular flexibility index (Phi) is 7.98. The average molecular weight is 126 g/mol. The molecule has 0 aliphatic heterocycles. The van der Waals surface area contributed by atoms with Crippen LogP contribution in [0.1, 0.15) is 0 Å². The molecule has 0 spiro atoms. The first-order valence-electron chi connectivity index (χ1n) is 1.49. The molecule has 0 fully saturated rings. The van der Waals surface area contributed by atoms with Crippen molar-refractivity contribution in [3.63, 3.8) is 0 Å². The summed E-state index contributed by atoms with van der Waals surface area (Å²) in [6.07, 6.45) is 0. The number of rotatable bonds is 2. The Morgan fingerprint density at radius 3 is 2.14 bits per heavy atom.